The minimum atomic E-state index is -0.179. The van der Waals surface area contributed by atoms with Crippen LogP contribution in [0.4, 0.5) is 0 Å². The molecule has 0 saturated carbocycles. The molecule has 1 aromatic carbocycles. The highest BCUT2D eigenvalue weighted by Crippen LogP contribution is 2.24. The molecule has 0 bridgehead atoms. The molecule has 7 heteroatoms. The second-order valence-electron chi connectivity index (χ2n) is 6.69. The first kappa shape index (κ1) is 17.8. The molecule has 1 unspecified atom stereocenters. The van der Waals surface area contributed by atoms with Crippen molar-refractivity contribution in [3.63, 3.8) is 0 Å². The van der Waals surface area contributed by atoms with Crippen molar-refractivity contribution in [1.29, 1.82) is 0 Å². The Balaban J connectivity index is 1.69. The van der Waals surface area contributed by atoms with Crippen molar-refractivity contribution in [2.75, 3.05) is 7.05 Å². The average Bonchev–Trinajstić information content (AvgIpc) is 3.13. The first-order chi connectivity index (χ1) is 13.6. The molecule has 1 amide bonds. The van der Waals surface area contributed by atoms with E-state index in [1.165, 1.54) is 0 Å². The third-order valence-corrected chi connectivity index (χ3v) is 5.05. The Morgan fingerprint density at radius 1 is 1.07 bits per heavy atom. The number of carbonyl (C=O) groups is 1. The summed E-state index contributed by atoms with van der Waals surface area (Å²) in [5, 5.41) is 10.5. The Bertz CT molecular complexity index is 1130. The Kier molecular flexibility index (Phi) is 4.57. The Hall–Kier alpha value is -3.61. The maximum absolute atomic E-state index is 13.1. The summed E-state index contributed by atoms with van der Waals surface area (Å²) >= 11 is 0. The van der Waals surface area contributed by atoms with Crippen LogP contribution < -0.4 is 0 Å². The summed E-state index contributed by atoms with van der Waals surface area (Å²) in [7, 11) is 1.77. The van der Waals surface area contributed by atoms with E-state index in [0.29, 0.717) is 11.4 Å². The number of nitrogens with zero attached hydrogens (tertiary/aromatic N) is 6. The number of hydrogen-bond acceptors (Lipinski definition) is 5. The quantitative estimate of drug-likeness (QED) is 0.549. The molecular formula is C21H20N6O. The summed E-state index contributed by atoms with van der Waals surface area (Å²) in [6.45, 7) is 3.82. The molecule has 3 aromatic heterocycles. The van der Waals surface area contributed by atoms with Gasteiger partial charge in [0.1, 0.15) is 0 Å². The SMILES string of the molecule is Cc1c(C(=O)N(C)C(C)c2cccnc2)nnn1-c1cccc2cnccc12. The number of pyridine rings is 2. The standard InChI is InChI=1S/C21H20N6O/c1-14(16-7-5-10-22-12-16)26(3)21(28)20-15(2)27(25-24-20)19-8-4-6-17-13-23-11-9-18(17)19/h4-14H,1-3H3. The highest BCUT2D eigenvalue weighted by Gasteiger charge is 2.25. The van der Waals surface area contributed by atoms with Gasteiger partial charge in [-0.3, -0.25) is 14.8 Å². The minimum Gasteiger partial charge on any atom is -0.333 e. The van der Waals surface area contributed by atoms with Crippen LogP contribution in [-0.4, -0.2) is 42.8 Å². The third kappa shape index (κ3) is 3.00. The fraction of sp³-hybridized carbons (Fsp3) is 0.190. The van der Waals surface area contributed by atoms with Crippen LogP contribution in [0.3, 0.4) is 0 Å². The lowest BCUT2D eigenvalue weighted by atomic mass is 10.1. The fourth-order valence-corrected chi connectivity index (χ4v) is 3.24. The first-order valence-electron chi connectivity index (χ1n) is 9.00. The molecule has 0 spiro atoms. The molecule has 4 aromatic rings. The first-order valence-corrected chi connectivity index (χ1v) is 9.00. The molecule has 0 aliphatic rings. The van der Waals surface area contributed by atoms with E-state index in [1.54, 1.807) is 41.4 Å². The van der Waals surface area contributed by atoms with Gasteiger partial charge in [0, 0.05) is 42.6 Å². The molecule has 0 radical (unpaired) electrons. The molecule has 3 heterocycles. The van der Waals surface area contributed by atoms with E-state index in [0.717, 1.165) is 22.0 Å². The summed E-state index contributed by atoms with van der Waals surface area (Å²) in [5.74, 6) is -0.179. The third-order valence-electron chi connectivity index (χ3n) is 5.05. The van der Waals surface area contributed by atoms with Gasteiger partial charge in [0.05, 0.1) is 17.4 Å². The van der Waals surface area contributed by atoms with Crippen LogP contribution in [0.15, 0.2) is 61.2 Å². The van der Waals surface area contributed by atoms with Crippen LogP contribution >= 0.6 is 0 Å². The van der Waals surface area contributed by atoms with Crippen molar-refractivity contribution in [3.05, 3.63) is 78.1 Å². The number of rotatable bonds is 4. The van der Waals surface area contributed by atoms with Crippen molar-refractivity contribution in [2.24, 2.45) is 0 Å². The van der Waals surface area contributed by atoms with Crippen LogP contribution in [0.5, 0.6) is 0 Å². The van der Waals surface area contributed by atoms with Crippen LogP contribution in [-0.2, 0) is 0 Å². The summed E-state index contributed by atoms with van der Waals surface area (Å²) in [6.07, 6.45) is 7.03. The number of aromatic nitrogens is 5. The topological polar surface area (TPSA) is 76.8 Å². The zero-order chi connectivity index (χ0) is 19.7. The van der Waals surface area contributed by atoms with Crippen LogP contribution in [0, 0.1) is 6.92 Å². The molecule has 140 valence electrons. The van der Waals surface area contributed by atoms with Gasteiger partial charge >= 0.3 is 0 Å². The summed E-state index contributed by atoms with van der Waals surface area (Å²) in [6, 6.07) is 11.5. The monoisotopic (exact) mass is 372 g/mol. The number of fused-ring (bicyclic) bond motifs is 1. The smallest absolute Gasteiger partial charge is 0.276 e. The van der Waals surface area contributed by atoms with Gasteiger partial charge in [-0.25, -0.2) is 4.68 Å². The predicted molar refractivity (Wildman–Crippen MR) is 106 cm³/mol. The van der Waals surface area contributed by atoms with Gasteiger partial charge in [-0.15, -0.1) is 5.10 Å². The number of hydrogen-bond donors (Lipinski definition) is 0. The van der Waals surface area contributed by atoms with Gasteiger partial charge in [-0.05, 0) is 37.6 Å². The normalized spacial score (nSPS) is 12.1. The second-order valence-corrected chi connectivity index (χ2v) is 6.69. The van der Waals surface area contributed by atoms with Gasteiger partial charge in [-0.1, -0.05) is 23.4 Å². The predicted octanol–water partition coefficient (Wildman–Crippen LogP) is 3.35. The molecule has 0 fully saturated rings. The molecular weight excluding hydrogens is 352 g/mol. The van der Waals surface area contributed by atoms with Crippen LogP contribution in [0.25, 0.3) is 16.5 Å². The van der Waals surface area contributed by atoms with E-state index in [2.05, 4.69) is 20.3 Å². The van der Waals surface area contributed by atoms with Gasteiger partial charge in [0.15, 0.2) is 5.69 Å². The highest BCUT2D eigenvalue weighted by atomic mass is 16.2. The van der Waals surface area contributed by atoms with E-state index in [9.17, 15) is 4.79 Å². The van der Waals surface area contributed by atoms with Gasteiger partial charge in [0.2, 0.25) is 0 Å². The average molecular weight is 372 g/mol. The molecule has 0 aliphatic heterocycles. The Morgan fingerprint density at radius 3 is 2.68 bits per heavy atom. The van der Waals surface area contributed by atoms with Crippen LogP contribution in [0.1, 0.15) is 34.7 Å². The molecule has 0 aliphatic carbocycles. The molecule has 4 rings (SSSR count). The summed E-state index contributed by atoms with van der Waals surface area (Å²) in [4.78, 5) is 23.0. The maximum Gasteiger partial charge on any atom is 0.276 e. The van der Waals surface area contributed by atoms with E-state index in [-0.39, 0.29) is 11.9 Å². The summed E-state index contributed by atoms with van der Waals surface area (Å²) < 4.78 is 1.71. The van der Waals surface area contributed by atoms with Gasteiger partial charge < -0.3 is 4.90 Å². The van der Waals surface area contributed by atoms with Gasteiger partial charge in [0.25, 0.3) is 5.91 Å². The maximum atomic E-state index is 13.1. The number of benzene rings is 1. The minimum absolute atomic E-state index is 0.130. The number of carbonyl (C=O) groups excluding carboxylic acids is 1. The van der Waals surface area contributed by atoms with E-state index >= 15 is 0 Å². The lowest BCUT2D eigenvalue weighted by Crippen LogP contribution is -2.30. The lowest BCUT2D eigenvalue weighted by Gasteiger charge is -2.24. The zero-order valence-electron chi connectivity index (χ0n) is 15.9. The Labute approximate surface area is 162 Å². The lowest BCUT2D eigenvalue weighted by molar-refractivity contribution is 0.0735. The molecule has 0 N–H and O–H groups in total. The Morgan fingerprint density at radius 2 is 1.89 bits per heavy atom. The van der Waals surface area contributed by atoms with Crippen molar-refractivity contribution < 1.29 is 4.79 Å². The largest absolute Gasteiger partial charge is 0.333 e. The molecule has 1 atom stereocenters. The van der Waals surface area contributed by atoms with Crippen LogP contribution in [0.2, 0.25) is 0 Å². The summed E-state index contributed by atoms with van der Waals surface area (Å²) in [5.41, 5.74) is 2.86. The molecule has 28 heavy (non-hydrogen) atoms. The van der Waals surface area contributed by atoms with E-state index in [4.69, 9.17) is 0 Å². The van der Waals surface area contributed by atoms with E-state index in [1.807, 2.05) is 50.2 Å². The fourth-order valence-electron chi connectivity index (χ4n) is 3.24. The van der Waals surface area contributed by atoms with Crippen molar-refractivity contribution >= 4 is 16.7 Å². The van der Waals surface area contributed by atoms with Crippen molar-refractivity contribution in [1.82, 2.24) is 29.9 Å². The zero-order valence-corrected chi connectivity index (χ0v) is 15.9. The highest BCUT2D eigenvalue weighted by molar-refractivity contribution is 5.94. The molecule has 0 saturated heterocycles. The van der Waals surface area contributed by atoms with Gasteiger partial charge in [-0.2, -0.15) is 0 Å². The van der Waals surface area contributed by atoms with Crippen molar-refractivity contribution in [3.8, 4) is 5.69 Å². The van der Waals surface area contributed by atoms with E-state index < -0.39 is 0 Å². The second kappa shape index (κ2) is 7.19. The van der Waals surface area contributed by atoms with Crippen molar-refractivity contribution in [2.45, 2.75) is 19.9 Å². The number of amides is 1. The molecule has 7 nitrogen and oxygen atoms in total.